The molecule has 2 heterocycles. The molecule has 1 aromatic heterocycles. The Morgan fingerprint density at radius 2 is 2.29 bits per heavy atom. The van der Waals surface area contributed by atoms with E-state index in [0.29, 0.717) is 18.6 Å². The van der Waals surface area contributed by atoms with Crippen molar-refractivity contribution in [2.45, 2.75) is 19.0 Å². The highest BCUT2D eigenvalue weighted by Crippen LogP contribution is 2.32. The largest absolute Gasteiger partial charge is 0.329 e. The number of rotatable bonds is 3. The number of halogens is 1. The number of likely N-dealkylation sites (N-methyl/N-ethyl adjacent to an activating group) is 1. The number of nitrogens with zero attached hydrogens (tertiary/aromatic N) is 2. The smallest absolute Gasteiger partial charge is 0.0702 e. The van der Waals surface area contributed by atoms with E-state index in [1.54, 1.807) is 11.3 Å². The van der Waals surface area contributed by atoms with Crippen molar-refractivity contribution in [1.82, 2.24) is 9.80 Å². The van der Waals surface area contributed by atoms with E-state index in [2.05, 4.69) is 51.8 Å². The van der Waals surface area contributed by atoms with Gasteiger partial charge in [-0.1, -0.05) is 0 Å². The zero-order chi connectivity index (χ0) is 12.4. The van der Waals surface area contributed by atoms with Crippen molar-refractivity contribution >= 4 is 27.3 Å². The molecule has 2 unspecified atom stereocenters. The predicted molar refractivity (Wildman–Crippen MR) is 77.5 cm³/mol. The summed E-state index contributed by atoms with van der Waals surface area (Å²) in [6.07, 6.45) is 0. The van der Waals surface area contributed by atoms with Crippen LogP contribution in [0, 0.1) is 0 Å². The van der Waals surface area contributed by atoms with Crippen LogP contribution in [0.15, 0.2) is 15.9 Å². The third kappa shape index (κ3) is 3.09. The molecule has 2 atom stereocenters. The Kier molecular flexibility index (Phi) is 4.60. The average Bonchev–Trinajstić information content (AvgIpc) is 2.69. The van der Waals surface area contributed by atoms with Crippen molar-refractivity contribution in [3.8, 4) is 0 Å². The van der Waals surface area contributed by atoms with Gasteiger partial charge < -0.3 is 10.6 Å². The second-order valence-corrected chi connectivity index (χ2v) is 7.24. The molecule has 1 aliphatic rings. The SMILES string of the molecule is CC1CN(C)CCN1C(CN)c1ccc(Br)s1. The molecular weight excluding hydrogens is 298 g/mol. The molecule has 0 aliphatic carbocycles. The van der Waals surface area contributed by atoms with E-state index in [4.69, 9.17) is 5.73 Å². The first kappa shape index (κ1) is 13.5. The lowest BCUT2D eigenvalue weighted by Gasteiger charge is -2.42. The number of hydrogen-bond acceptors (Lipinski definition) is 4. The number of nitrogens with two attached hydrogens (primary N) is 1. The zero-order valence-corrected chi connectivity index (χ0v) is 12.8. The van der Waals surface area contributed by atoms with Gasteiger partial charge in [-0.25, -0.2) is 0 Å². The minimum absolute atomic E-state index is 0.370. The number of hydrogen-bond donors (Lipinski definition) is 1. The second-order valence-electron chi connectivity index (χ2n) is 4.74. The Balaban J connectivity index is 2.13. The topological polar surface area (TPSA) is 32.5 Å². The summed E-state index contributed by atoms with van der Waals surface area (Å²) in [7, 11) is 2.19. The van der Waals surface area contributed by atoms with Crippen LogP contribution >= 0.6 is 27.3 Å². The van der Waals surface area contributed by atoms with Crippen LogP contribution < -0.4 is 5.73 Å². The maximum atomic E-state index is 5.98. The lowest BCUT2D eigenvalue weighted by atomic mass is 10.1. The van der Waals surface area contributed by atoms with E-state index in [-0.39, 0.29) is 0 Å². The Morgan fingerprint density at radius 3 is 2.82 bits per heavy atom. The van der Waals surface area contributed by atoms with Crippen molar-refractivity contribution in [2.24, 2.45) is 5.73 Å². The van der Waals surface area contributed by atoms with Crippen LogP contribution in [0.2, 0.25) is 0 Å². The lowest BCUT2D eigenvalue weighted by molar-refractivity contribution is 0.0648. The normalized spacial score (nSPS) is 25.1. The molecule has 5 heteroatoms. The first-order chi connectivity index (χ1) is 8.11. The summed E-state index contributed by atoms with van der Waals surface area (Å²) in [6, 6.07) is 5.25. The van der Waals surface area contributed by atoms with Gasteiger partial charge in [-0.05, 0) is 42.0 Å². The van der Waals surface area contributed by atoms with Gasteiger partial charge in [-0.3, -0.25) is 4.90 Å². The highest BCUT2D eigenvalue weighted by atomic mass is 79.9. The van der Waals surface area contributed by atoms with E-state index in [0.717, 1.165) is 19.6 Å². The fourth-order valence-corrected chi connectivity index (χ4v) is 4.10. The molecule has 1 aromatic rings. The van der Waals surface area contributed by atoms with E-state index >= 15 is 0 Å². The molecule has 1 fully saturated rings. The second kappa shape index (κ2) is 5.80. The van der Waals surface area contributed by atoms with Crippen LogP contribution in [0.25, 0.3) is 0 Å². The van der Waals surface area contributed by atoms with Gasteiger partial charge in [-0.15, -0.1) is 11.3 Å². The van der Waals surface area contributed by atoms with Crippen molar-refractivity contribution < 1.29 is 0 Å². The molecule has 96 valence electrons. The molecule has 2 rings (SSSR count). The zero-order valence-electron chi connectivity index (χ0n) is 10.4. The summed E-state index contributed by atoms with van der Waals surface area (Å²) in [4.78, 5) is 6.30. The van der Waals surface area contributed by atoms with Crippen LogP contribution in [0.1, 0.15) is 17.8 Å². The Hall–Kier alpha value is 0.0600. The van der Waals surface area contributed by atoms with Crippen LogP contribution in [0.3, 0.4) is 0 Å². The van der Waals surface area contributed by atoms with E-state index in [1.807, 2.05) is 0 Å². The third-order valence-electron chi connectivity index (χ3n) is 3.43. The molecule has 3 nitrogen and oxygen atoms in total. The highest BCUT2D eigenvalue weighted by molar-refractivity contribution is 9.11. The Bertz CT molecular complexity index is 368. The molecular formula is C12H20BrN3S. The fourth-order valence-electron chi connectivity index (χ4n) is 2.54. The van der Waals surface area contributed by atoms with Gasteiger partial charge in [0.05, 0.1) is 9.83 Å². The average molecular weight is 318 g/mol. The van der Waals surface area contributed by atoms with E-state index < -0.39 is 0 Å². The number of thiophene rings is 1. The molecule has 1 saturated heterocycles. The first-order valence-corrected chi connectivity index (χ1v) is 7.62. The molecule has 1 aliphatic heterocycles. The van der Waals surface area contributed by atoms with Gasteiger partial charge in [0.15, 0.2) is 0 Å². The summed E-state index contributed by atoms with van der Waals surface area (Å²) < 4.78 is 1.19. The molecule has 2 N–H and O–H groups in total. The molecule has 0 bridgehead atoms. The van der Waals surface area contributed by atoms with Gasteiger partial charge in [0.2, 0.25) is 0 Å². The van der Waals surface area contributed by atoms with Gasteiger partial charge in [0, 0.05) is 37.1 Å². The van der Waals surface area contributed by atoms with E-state index in [9.17, 15) is 0 Å². The van der Waals surface area contributed by atoms with Gasteiger partial charge >= 0.3 is 0 Å². The summed E-state index contributed by atoms with van der Waals surface area (Å²) in [5, 5.41) is 0. The first-order valence-electron chi connectivity index (χ1n) is 6.01. The maximum absolute atomic E-state index is 5.98. The van der Waals surface area contributed by atoms with Crippen LogP contribution in [-0.2, 0) is 0 Å². The molecule has 0 radical (unpaired) electrons. The number of piperazine rings is 1. The molecule has 0 aromatic carbocycles. The van der Waals surface area contributed by atoms with Crippen molar-refractivity contribution in [2.75, 3.05) is 33.2 Å². The minimum Gasteiger partial charge on any atom is -0.329 e. The summed E-state index contributed by atoms with van der Waals surface area (Å²) in [5.41, 5.74) is 5.98. The summed E-state index contributed by atoms with van der Waals surface area (Å²) in [5.74, 6) is 0. The molecule has 0 amide bonds. The minimum atomic E-state index is 0.370. The van der Waals surface area contributed by atoms with Crippen molar-refractivity contribution in [3.63, 3.8) is 0 Å². The standard InChI is InChI=1S/C12H20BrN3S/c1-9-8-15(2)5-6-16(9)10(7-14)11-3-4-12(13)17-11/h3-4,9-10H,5-8,14H2,1-2H3. The monoisotopic (exact) mass is 317 g/mol. The Morgan fingerprint density at radius 1 is 1.53 bits per heavy atom. The highest BCUT2D eigenvalue weighted by Gasteiger charge is 2.28. The third-order valence-corrected chi connectivity index (χ3v) is 5.15. The van der Waals surface area contributed by atoms with Gasteiger partial charge in [-0.2, -0.15) is 0 Å². The van der Waals surface area contributed by atoms with Crippen molar-refractivity contribution in [3.05, 3.63) is 20.8 Å². The van der Waals surface area contributed by atoms with E-state index in [1.165, 1.54) is 8.66 Å². The molecule has 17 heavy (non-hydrogen) atoms. The van der Waals surface area contributed by atoms with Crippen LogP contribution in [-0.4, -0.2) is 49.1 Å². The summed E-state index contributed by atoms with van der Waals surface area (Å²) in [6.45, 7) is 6.35. The van der Waals surface area contributed by atoms with Crippen LogP contribution in [0.5, 0.6) is 0 Å². The quantitative estimate of drug-likeness (QED) is 0.927. The van der Waals surface area contributed by atoms with Crippen LogP contribution in [0.4, 0.5) is 0 Å². The predicted octanol–water partition coefficient (Wildman–Crippen LogP) is 2.15. The fraction of sp³-hybridized carbons (Fsp3) is 0.667. The molecule has 0 spiro atoms. The van der Waals surface area contributed by atoms with Gasteiger partial charge in [0.1, 0.15) is 0 Å². The maximum Gasteiger partial charge on any atom is 0.0702 e. The summed E-state index contributed by atoms with van der Waals surface area (Å²) >= 11 is 5.33. The Labute approximate surface area is 116 Å². The van der Waals surface area contributed by atoms with Gasteiger partial charge in [0.25, 0.3) is 0 Å². The lowest BCUT2D eigenvalue weighted by Crippen LogP contribution is -2.52. The molecule has 0 saturated carbocycles. The van der Waals surface area contributed by atoms with Crippen molar-refractivity contribution in [1.29, 1.82) is 0 Å².